The molecule has 2 N–H and O–H groups in total. The van der Waals surface area contributed by atoms with Crippen molar-refractivity contribution in [1.82, 2.24) is 4.98 Å². The first-order valence-corrected chi connectivity index (χ1v) is 5.10. The van der Waals surface area contributed by atoms with E-state index < -0.39 is 0 Å². The summed E-state index contributed by atoms with van der Waals surface area (Å²) in [4.78, 5) is 4.09. The van der Waals surface area contributed by atoms with E-state index >= 15 is 0 Å². The van der Waals surface area contributed by atoms with Crippen LogP contribution in [0.1, 0.15) is 18.4 Å². The average molecular weight is 243 g/mol. The van der Waals surface area contributed by atoms with E-state index in [4.69, 9.17) is 10.5 Å². The van der Waals surface area contributed by atoms with Crippen molar-refractivity contribution in [2.75, 3.05) is 0 Å². The van der Waals surface area contributed by atoms with Crippen LogP contribution in [0.3, 0.4) is 0 Å². The molecule has 1 aromatic rings. The van der Waals surface area contributed by atoms with Crippen molar-refractivity contribution in [2.24, 2.45) is 5.73 Å². The van der Waals surface area contributed by atoms with Crippen LogP contribution in [0.5, 0.6) is 5.75 Å². The van der Waals surface area contributed by atoms with Crippen molar-refractivity contribution in [3.63, 3.8) is 0 Å². The van der Waals surface area contributed by atoms with E-state index in [0.29, 0.717) is 12.6 Å². The molecule has 13 heavy (non-hydrogen) atoms. The first kappa shape index (κ1) is 8.97. The van der Waals surface area contributed by atoms with E-state index in [-0.39, 0.29) is 0 Å². The van der Waals surface area contributed by atoms with Crippen molar-refractivity contribution in [3.8, 4) is 5.75 Å². The van der Waals surface area contributed by atoms with Gasteiger partial charge in [0, 0.05) is 18.3 Å². The average Bonchev–Trinajstić information content (AvgIpc) is 2.89. The van der Waals surface area contributed by atoms with Crippen LogP contribution in [0.2, 0.25) is 0 Å². The monoisotopic (exact) mass is 242 g/mol. The van der Waals surface area contributed by atoms with Gasteiger partial charge >= 0.3 is 0 Å². The third kappa shape index (κ3) is 2.00. The van der Waals surface area contributed by atoms with Crippen LogP contribution in [-0.4, -0.2) is 11.1 Å². The Bertz CT molecular complexity index is 312. The van der Waals surface area contributed by atoms with E-state index in [9.17, 15) is 0 Å². The zero-order valence-corrected chi connectivity index (χ0v) is 8.75. The molecule has 0 atom stereocenters. The van der Waals surface area contributed by atoms with Gasteiger partial charge in [-0.25, -0.2) is 4.98 Å². The third-order valence-electron chi connectivity index (χ3n) is 1.98. The SMILES string of the molecule is NCc1c(OC2CC2)ccnc1Br. The van der Waals surface area contributed by atoms with Crippen LogP contribution in [0.15, 0.2) is 16.9 Å². The fourth-order valence-corrected chi connectivity index (χ4v) is 1.59. The smallest absolute Gasteiger partial charge is 0.128 e. The molecule has 1 saturated carbocycles. The maximum Gasteiger partial charge on any atom is 0.128 e. The van der Waals surface area contributed by atoms with E-state index in [0.717, 1.165) is 28.8 Å². The molecule has 0 bridgehead atoms. The lowest BCUT2D eigenvalue weighted by molar-refractivity contribution is 0.299. The summed E-state index contributed by atoms with van der Waals surface area (Å²) in [6.07, 6.45) is 4.44. The second kappa shape index (κ2) is 3.64. The zero-order chi connectivity index (χ0) is 9.26. The second-order valence-corrected chi connectivity index (χ2v) is 3.85. The van der Waals surface area contributed by atoms with Crippen molar-refractivity contribution < 1.29 is 4.74 Å². The fourth-order valence-electron chi connectivity index (χ4n) is 1.11. The molecule has 0 amide bonds. The van der Waals surface area contributed by atoms with Crippen LogP contribution < -0.4 is 10.5 Å². The van der Waals surface area contributed by atoms with E-state index in [2.05, 4.69) is 20.9 Å². The number of hydrogen-bond donors (Lipinski definition) is 1. The largest absolute Gasteiger partial charge is 0.490 e. The van der Waals surface area contributed by atoms with Gasteiger partial charge in [0.15, 0.2) is 0 Å². The Hall–Kier alpha value is -0.610. The summed E-state index contributed by atoms with van der Waals surface area (Å²) < 4.78 is 6.46. The number of nitrogens with two attached hydrogens (primary N) is 1. The van der Waals surface area contributed by atoms with Gasteiger partial charge in [-0.1, -0.05) is 0 Å². The summed E-state index contributed by atoms with van der Waals surface area (Å²) in [6, 6.07) is 1.87. The van der Waals surface area contributed by atoms with Crippen molar-refractivity contribution >= 4 is 15.9 Å². The number of rotatable bonds is 3. The van der Waals surface area contributed by atoms with Gasteiger partial charge in [0.05, 0.1) is 6.10 Å². The minimum atomic E-state index is 0.402. The number of ether oxygens (including phenoxy) is 1. The molecule has 1 aliphatic carbocycles. The number of pyridine rings is 1. The maximum atomic E-state index is 5.68. The van der Waals surface area contributed by atoms with Crippen LogP contribution in [0, 0.1) is 0 Å². The highest BCUT2D eigenvalue weighted by Gasteiger charge is 2.24. The van der Waals surface area contributed by atoms with Gasteiger partial charge in [0.1, 0.15) is 10.4 Å². The topological polar surface area (TPSA) is 48.1 Å². The van der Waals surface area contributed by atoms with Crippen molar-refractivity contribution in [1.29, 1.82) is 0 Å². The van der Waals surface area contributed by atoms with Crippen LogP contribution in [-0.2, 0) is 6.54 Å². The van der Waals surface area contributed by atoms with Crippen LogP contribution >= 0.6 is 15.9 Å². The van der Waals surface area contributed by atoms with E-state index in [1.54, 1.807) is 6.20 Å². The molecule has 0 aliphatic heterocycles. The molecule has 3 nitrogen and oxygen atoms in total. The number of aromatic nitrogens is 1. The van der Waals surface area contributed by atoms with Gasteiger partial charge in [0.2, 0.25) is 0 Å². The van der Waals surface area contributed by atoms with Crippen LogP contribution in [0.25, 0.3) is 0 Å². The Kier molecular flexibility index (Phi) is 2.51. The predicted octanol–water partition coefficient (Wildman–Crippen LogP) is 1.84. The summed E-state index contributed by atoms with van der Waals surface area (Å²) in [5.41, 5.74) is 6.55. The van der Waals surface area contributed by atoms with Gasteiger partial charge in [0.25, 0.3) is 0 Å². The van der Waals surface area contributed by atoms with Gasteiger partial charge < -0.3 is 10.5 Å². The summed E-state index contributed by atoms with van der Waals surface area (Å²) in [5, 5.41) is 0. The molecule has 0 aromatic carbocycles. The van der Waals surface area contributed by atoms with Crippen LogP contribution in [0.4, 0.5) is 0 Å². The maximum absolute atomic E-state index is 5.68. The standard InChI is InChI=1S/C9H11BrN2O/c10-9-7(5-11)8(3-4-12-9)13-6-1-2-6/h3-4,6H,1-2,5,11H2. The van der Waals surface area contributed by atoms with Gasteiger partial charge in [-0.05, 0) is 34.8 Å². The van der Waals surface area contributed by atoms with Gasteiger partial charge in [-0.2, -0.15) is 0 Å². The molecule has 0 unspecified atom stereocenters. The quantitative estimate of drug-likeness (QED) is 0.824. The fraction of sp³-hybridized carbons (Fsp3) is 0.444. The Morgan fingerprint density at radius 3 is 3.00 bits per heavy atom. The predicted molar refractivity (Wildman–Crippen MR) is 53.5 cm³/mol. The highest BCUT2D eigenvalue weighted by molar-refractivity contribution is 9.10. The Balaban J connectivity index is 2.25. The lowest BCUT2D eigenvalue weighted by Gasteiger charge is -2.09. The molecule has 1 fully saturated rings. The first-order valence-electron chi connectivity index (χ1n) is 4.31. The molecule has 1 aromatic heterocycles. The molecular weight excluding hydrogens is 232 g/mol. The Morgan fingerprint density at radius 1 is 1.62 bits per heavy atom. The highest BCUT2D eigenvalue weighted by Crippen LogP contribution is 2.31. The summed E-state index contributed by atoms with van der Waals surface area (Å²) in [5.74, 6) is 0.867. The van der Waals surface area contributed by atoms with Crippen molar-refractivity contribution in [3.05, 3.63) is 22.4 Å². The lowest BCUT2D eigenvalue weighted by Crippen LogP contribution is -2.05. The second-order valence-electron chi connectivity index (χ2n) is 3.10. The van der Waals surface area contributed by atoms with E-state index in [1.807, 2.05) is 6.07 Å². The molecule has 2 rings (SSSR count). The molecular formula is C9H11BrN2O. The summed E-state index contributed by atoms with van der Waals surface area (Å²) >= 11 is 3.35. The minimum Gasteiger partial charge on any atom is -0.490 e. The molecule has 1 aliphatic rings. The zero-order valence-electron chi connectivity index (χ0n) is 7.16. The number of halogens is 1. The lowest BCUT2D eigenvalue weighted by atomic mass is 10.2. The van der Waals surface area contributed by atoms with Gasteiger partial charge in [-0.15, -0.1) is 0 Å². The minimum absolute atomic E-state index is 0.402. The highest BCUT2D eigenvalue weighted by atomic mass is 79.9. The van der Waals surface area contributed by atoms with Crippen molar-refractivity contribution in [2.45, 2.75) is 25.5 Å². The Morgan fingerprint density at radius 2 is 2.38 bits per heavy atom. The summed E-state index contributed by atoms with van der Waals surface area (Å²) in [7, 11) is 0. The van der Waals surface area contributed by atoms with Gasteiger partial charge in [-0.3, -0.25) is 0 Å². The molecule has 0 spiro atoms. The summed E-state index contributed by atoms with van der Waals surface area (Å²) in [6.45, 7) is 0.455. The molecule has 4 heteroatoms. The molecule has 0 saturated heterocycles. The first-order chi connectivity index (χ1) is 6.31. The Labute approximate surface area is 85.4 Å². The third-order valence-corrected chi connectivity index (χ3v) is 2.67. The number of nitrogens with zero attached hydrogens (tertiary/aromatic N) is 1. The normalized spacial score (nSPS) is 15.8. The molecule has 0 radical (unpaired) electrons. The molecule has 70 valence electrons. The number of hydrogen-bond acceptors (Lipinski definition) is 3. The molecule has 1 heterocycles. The van der Waals surface area contributed by atoms with E-state index in [1.165, 1.54) is 0 Å².